The van der Waals surface area contributed by atoms with Gasteiger partial charge in [0.25, 0.3) is 0 Å². The van der Waals surface area contributed by atoms with E-state index >= 15 is 0 Å². The number of benzene rings is 1. The monoisotopic (exact) mass is 278 g/mol. The molecule has 0 aromatic heterocycles. The average molecular weight is 278 g/mol. The van der Waals surface area contributed by atoms with E-state index in [-0.39, 0.29) is 12.6 Å². The number of hydrogen-bond donors (Lipinski definition) is 2. The van der Waals surface area contributed by atoms with Gasteiger partial charge in [0.05, 0.1) is 12.2 Å². The molecule has 1 heterocycles. The van der Waals surface area contributed by atoms with E-state index in [0.717, 1.165) is 0 Å². The van der Waals surface area contributed by atoms with E-state index in [1.807, 2.05) is 20.8 Å². The Labute approximate surface area is 117 Å². The highest BCUT2D eigenvalue weighted by molar-refractivity contribution is 5.95. The maximum atomic E-state index is 12.3. The predicted octanol–water partition coefficient (Wildman–Crippen LogP) is 1.85. The lowest BCUT2D eigenvalue weighted by molar-refractivity contribution is -0.144. The van der Waals surface area contributed by atoms with Crippen LogP contribution in [-0.2, 0) is 4.79 Å². The van der Waals surface area contributed by atoms with Gasteiger partial charge in [-0.25, -0.2) is 9.59 Å². The summed E-state index contributed by atoms with van der Waals surface area (Å²) in [4.78, 5) is 24.9. The molecule has 0 fully saturated rings. The molecule has 2 N–H and O–H groups in total. The topological polar surface area (TPSA) is 78.9 Å². The number of carbonyl (C=O) groups is 2. The smallest absolute Gasteiger partial charge is 0.346 e. The first-order valence-corrected chi connectivity index (χ1v) is 6.36. The summed E-state index contributed by atoms with van der Waals surface area (Å²) in [6.07, 6.45) is -1.06. The summed E-state index contributed by atoms with van der Waals surface area (Å²) < 4.78 is 5.38. The molecular formula is C14H18N2O4. The predicted molar refractivity (Wildman–Crippen MR) is 74.1 cm³/mol. The van der Waals surface area contributed by atoms with Crippen LogP contribution in [0.3, 0.4) is 0 Å². The van der Waals surface area contributed by atoms with Gasteiger partial charge in [0.1, 0.15) is 5.75 Å². The minimum atomic E-state index is -1.09. The number of carboxylic acids is 1. The number of hydrogen-bond acceptors (Lipinski definition) is 3. The molecule has 0 bridgehead atoms. The van der Waals surface area contributed by atoms with Crippen LogP contribution in [0.5, 0.6) is 5.75 Å². The summed E-state index contributed by atoms with van der Waals surface area (Å²) in [5.74, 6) is -0.691. The normalized spacial score (nSPS) is 17.9. The van der Waals surface area contributed by atoms with Crippen LogP contribution in [0.4, 0.5) is 10.5 Å². The molecule has 20 heavy (non-hydrogen) atoms. The first kappa shape index (κ1) is 14.2. The van der Waals surface area contributed by atoms with Gasteiger partial charge in [0.2, 0.25) is 6.10 Å². The Morgan fingerprint density at radius 1 is 1.35 bits per heavy atom. The fraction of sp³-hybridized carbons (Fsp3) is 0.429. The standard InChI is InChI=1S/C14H18N2O4/c1-14(2,3)15-13(19)16-8-11(12(17)18)20-10-7-5-4-6-9(10)16/h4-7,11H,8H2,1-3H3,(H,15,19)(H,17,18). The van der Waals surface area contributed by atoms with Crippen LogP contribution in [0.2, 0.25) is 0 Å². The quantitative estimate of drug-likeness (QED) is 0.821. The van der Waals surface area contributed by atoms with E-state index in [1.54, 1.807) is 24.3 Å². The Kier molecular flexibility index (Phi) is 3.57. The van der Waals surface area contributed by atoms with Crippen molar-refractivity contribution in [1.82, 2.24) is 5.32 Å². The van der Waals surface area contributed by atoms with Crippen molar-refractivity contribution in [2.45, 2.75) is 32.4 Å². The van der Waals surface area contributed by atoms with E-state index < -0.39 is 17.6 Å². The number of carbonyl (C=O) groups excluding carboxylic acids is 1. The number of amides is 2. The number of urea groups is 1. The van der Waals surface area contributed by atoms with Gasteiger partial charge in [-0.15, -0.1) is 0 Å². The molecule has 1 aromatic rings. The van der Waals surface area contributed by atoms with Crippen molar-refractivity contribution in [3.8, 4) is 5.75 Å². The molecule has 6 nitrogen and oxygen atoms in total. The fourth-order valence-electron chi connectivity index (χ4n) is 1.94. The highest BCUT2D eigenvalue weighted by Gasteiger charge is 2.34. The van der Waals surface area contributed by atoms with Gasteiger partial charge in [0, 0.05) is 5.54 Å². The maximum absolute atomic E-state index is 12.3. The Balaban J connectivity index is 2.31. The second kappa shape index (κ2) is 5.03. The van der Waals surface area contributed by atoms with Gasteiger partial charge in [-0.2, -0.15) is 0 Å². The number of anilines is 1. The van der Waals surface area contributed by atoms with Gasteiger partial charge in [-0.05, 0) is 32.9 Å². The molecule has 0 radical (unpaired) electrons. The number of rotatable bonds is 1. The van der Waals surface area contributed by atoms with E-state index in [2.05, 4.69) is 5.32 Å². The summed E-state index contributed by atoms with van der Waals surface area (Å²) in [5.41, 5.74) is 0.176. The van der Waals surface area contributed by atoms with E-state index in [1.165, 1.54) is 4.90 Å². The van der Waals surface area contributed by atoms with Gasteiger partial charge in [0.15, 0.2) is 0 Å². The lowest BCUT2D eigenvalue weighted by Gasteiger charge is -2.35. The van der Waals surface area contributed by atoms with E-state index in [9.17, 15) is 9.59 Å². The Bertz CT molecular complexity index is 536. The molecule has 2 rings (SSSR count). The number of nitrogens with zero attached hydrogens (tertiary/aromatic N) is 1. The highest BCUT2D eigenvalue weighted by Crippen LogP contribution is 2.33. The van der Waals surface area contributed by atoms with Crippen LogP contribution in [0.1, 0.15) is 20.8 Å². The number of carboxylic acid groups (broad SMARTS) is 1. The summed E-state index contributed by atoms with van der Waals surface area (Å²) in [7, 11) is 0. The van der Waals surface area contributed by atoms with Crippen molar-refractivity contribution in [1.29, 1.82) is 0 Å². The third kappa shape index (κ3) is 3.01. The molecule has 0 aliphatic carbocycles. The van der Waals surface area contributed by atoms with Gasteiger partial charge in [-0.1, -0.05) is 12.1 Å². The molecule has 1 atom stereocenters. The highest BCUT2D eigenvalue weighted by atomic mass is 16.5. The maximum Gasteiger partial charge on any atom is 0.346 e. The Morgan fingerprint density at radius 2 is 2.00 bits per heavy atom. The van der Waals surface area contributed by atoms with Crippen molar-refractivity contribution < 1.29 is 19.4 Å². The van der Waals surface area contributed by atoms with Crippen LogP contribution >= 0.6 is 0 Å². The average Bonchev–Trinajstić information content (AvgIpc) is 2.35. The summed E-state index contributed by atoms with van der Waals surface area (Å²) in [6.45, 7) is 5.58. The first-order valence-electron chi connectivity index (χ1n) is 6.36. The minimum absolute atomic E-state index is 0.0196. The summed E-state index contributed by atoms with van der Waals surface area (Å²) in [6, 6.07) is 6.57. The number of fused-ring (bicyclic) bond motifs is 1. The number of para-hydroxylation sites is 2. The van der Waals surface area contributed by atoms with Crippen molar-refractivity contribution in [3.05, 3.63) is 24.3 Å². The number of nitrogens with one attached hydrogen (secondary N) is 1. The van der Waals surface area contributed by atoms with Crippen LogP contribution in [0.25, 0.3) is 0 Å². The van der Waals surface area contributed by atoms with Crippen molar-refractivity contribution in [2.75, 3.05) is 11.4 Å². The molecule has 1 unspecified atom stereocenters. The third-order valence-corrected chi connectivity index (χ3v) is 2.78. The first-order chi connectivity index (χ1) is 9.28. The van der Waals surface area contributed by atoms with Crippen molar-refractivity contribution in [2.24, 2.45) is 0 Å². The number of ether oxygens (including phenoxy) is 1. The van der Waals surface area contributed by atoms with Gasteiger partial charge in [-0.3, -0.25) is 4.90 Å². The Morgan fingerprint density at radius 3 is 2.60 bits per heavy atom. The molecule has 6 heteroatoms. The SMILES string of the molecule is CC(C)(C)NC(=O)N1CC(C(=O)O)Oc2ccccc21. The van der Waals surface area contributed by atoms with Crippen molar-refractivity contribution in [3.63, 3.8) is 0 Å². The van der Waals surface area contributed by atoms with Crippen molar-refractivity contribution >= 4 is 17.7 Å². The van der Waals surface area contributed by atoms with Crippen LogP contribution in [0, 0.1) is 0 Å². The lowest BCUT2D eigenvalue weighted by Crippen LogP contribution is -2.54. The lowest BCUT2D eigenvalue weighted by atomic mass is 10.1. The Hall–Kier alpha value is -2.24. The zero-order valence-corrected chi connectivity index (χ0v) is 11.7. The molecule has 108 valence electrons. The second-order valence-electron chi connectivity index (χ2n) is 5.70. The van der Waals surface area contributed by atoms with E-state index in [4.69, 9.17) is 9.84 Å². The second-order valence-corrected chi connectivity index (χ2v) is 5.70. The molecule has 1 aliphatic rings. The molecule has 1 aromatic carbocycles. The largest absolute Gasteiger partial charge is 0.478 e. The molecule has 2 amide bonds. The molecule has 0 spiro atoms. The summed E-state index contributed by atoms with van der Waals surface area (Å²) in [5, 5.41) is 11.9. The van der Waals surface area contributed by atoms with Crippen LogP contribution in [-0.4, -0.2) is 35.3 Å². The molecule has 1 aliphatic heterocycles. The molecule has 0 saturated heterocycles. The zero-order chi connectivity index (χ0) is 14.9. The van der Waals surface area contributed by atoms with Gasteiger partial charge < -0.3 is 15.2 Å². The third-order valence-electron chi connectivity index (χ3n) is 2.78. The number of aliphatic carboxylic acids is 1. The van der Waals surface area contributed by atoms with Crippen LogP contribution < -0.4 is 15.0 Å². The van der Waals surface area contributed by atoms with E-state index in [0.29, 0.717) is 11.4 Å². The summed E-state index contributed by atoms with van der Waals surface area (Å²) >= 11 is 0. The van der Waals surface area contributed by atoms with Crippen LogP contribution in [0.15, 0.2) is 24.3 Å². The fourth-order valence-corrected chi connectivity index (χ4v) is 1.94. The zero-order valence-electron chi connectivity index (χ0n) is 11.7. The molecule has 0 saturated carbocycles. The van der Waals surface area contributed by atoms with Gasteiger partial charge >= 0.3 is 12.0 Å². The minimum Gasteiger partial charge on any atom is -0.478 e. The molecular weight excluding hydrogens is 260 g/mol.